The molecular formula is C10H19NO3. The van der Waals surface area contributed by atoms with Gasteiger partial charge in [-0.05, 0) is 19.8 Å². The molecule has 0 radical (unpaired) electrons. The Morgan fingerprint density at radius 2 is 2.43 bits per heavy atom. The Labute approximate surface area is 84.8 Å². The molecule has 0 spiro atoms. The van der Waals surface area contributed by atoms with Crippen molar-refractivity contribution < 1.29 is 14.6 Å². The van der Waals surface area contributed by atoms with Crippen LogP contribution in [0.5, 0.6) is 0 Å². The molecule has 1 N–H and O–H groups in total. The van der Waals surface area contributed by atoms with Crippen LogP contribution in [0, 0.1) is 5.92 Å². The van der Waals surface area contributed by atoms with Crippen LogP contribution in [-0.2, 0) is 4.74 Å². The minimum absolute atomic E-state index is 0.163. The molecule has 1 fully saturated rings. The smallest absolute Gasteiger partial charge is 0.410 e. The van der Waals surface area contributed by atoms with Gasteiger partial charge in [-0.15, -0.1) is 0 Å². The van der Waals surface area contributed by atoms with Crippen LogP contribution in [0.1, 0.15) is 26.7 Å². The van der Waals surface area contributed by atoms with E-state index in [1.165, 1.54) is 0 Å². The van der Waals surface area contributed by atoms with Gasteiger partial charge in [0.2, 0.25) is 0 Å². The minimum atomic E-state index is -0.214. The van der Waals surface area contributed by atoms with Gasteiger partial charge < -0.3 is 14.7 Å². The fourth-order valence-corrected chi connectivity index (χ4v) is 1.61. The van der Waals surface area contributed by atoms with Crippen molar-refractivity contribution in [2.24, 2.45) is 5.92 Å². The predicted octanol–water partition coefficient (Wildman–Crippen LogP) is 1.24. The van der Waals surface area contributed by atoms with Gasteiger partial charge in [0, 0.05) is 25.1 Å². The first kappa shape index (κ1) is 11.3. The molecule has 1 amide bonds. The second kappa shape index (κ2) is 5.20. The third-order valence-electron chi connectivity index (χ3n) is 2.79. The number of carbonyl (C=O) groups excluding carboxylic acids is 1. The zero-order chi connectivity index (χ0) is 10.6. The number of cyclic esters (lactones) is 1. The quantitative estimate of drug-likeness (QED) is 0.744. The van der Waals surface area contributed by atoms with Gasteiger partial charge in [0.25, 0.3) is 0 Å². The first-order valence-electron chi connectivity index (χ1n) is 5.23. The summed E-state index contributed by atoms with van der Waals surface area (Å²) in [6.07, 6.45) is 1.43. The highest BCUT2D eigenvalue weighted by atomic mass is 16.6. The number of hydrogen-bond donors (Lipinski definition) is 1. The van der Waals surface area contributed by atoms with E-state index in [1.807, 2.05) is 13.8 Å². The average Bonchev–Trinajstić information content (AvgIpc) is 2.20. The van der Waals surface area contributed by atoms with E-state index in [0.29, 0.717) is 19.6 Å². The number of aliphatic hydroxyl groups excluding tert-OH is 1. The zero-order valence-corrected chi connectivity index (χ0v) is 8.90. The lowest BCUT2D eigenvalue weighted by atomic mass is 10.0. The highest BCUT2D eigenvalue weighted by Gasteiger charge is 2.29. The van der Waals surface area contributed by atoms with Crippen LogP contribution in [0.4, 0.5) is 4.79 Å². The summed E-state index contributed by atoms with van der Waals surface area (Å²) >= 11 is 0. The Hall–Kier alpha value is -0.770. The molecule has 1 rings (SSSR count). The summed E-state index contributed by atoms with van der Waals surface area (Å²) in [7, 11) is 0. The van der Waals surface area contributed by atoms with Crippen LogP contribution in [0.2, 0.25) is 0 Å². The molecule has 0 aromatic heterocycles. The topological polar surface area (TPSA) is 49.8 Å². The van der Waals surface area contributed by atoms with Gasteiger partial charge >= 0.3 is 6.09 Å². The summed E-state index contributed by atoms with van der Waals surface area (Å²) in [6.45, 7) is 5.40. The zero-order valence-electron chi connectivity index (χ0n) is 8.90. The van der Waals surface area contributed by atoms with E-state index in [1.54, 1.807) is 4.90 Å². The van der Waals surface area contributed by atoms with E-state index in [9.17, 15) is 4.79 Å². The van der Waals surface area contributed by atoms with E-state index < -0.39 is 0 Å². The highest BCUT2D eigenvalue weighted by molar-refractivity contribution is 5.68. The van der Waals surface area contributed by atoms with E-state index in [4.69, 9.17) is 9.84 Å². The summed E-state index contributed by atoms with van der Waals surface area (Å²) in [6, 6.07) is 0.226. The standard InChI is InChI=1S/C10H19NO3/c1-3-8(2)11-6-9(4-5-12)7-14-10(11)13/h8-9,12H,3-7H2,1-2H3. The molecular weight excluding hydrogens is 182 g/mol. The van der Waals surface area contributed by atoms with Crippen molar-refractivity contribution in [1.29, 1.82) is 0 Å². The van der Waals surface area contributed by atoms with Crippen molar-refractivity contribution >= 4 is 6.09 Å². The number of aliphatic hydroxyl groups is 1. The molecule has 0 bridgehead atoms. The Balaban J connectivity index is 2.50. The number of carbonyl (C=O) groups is 1. The lowest BCUT2D eigenvalue weighted by molar-refractivity contribution is 0.0217. The van der Waals surface area contributed by atoms with E-state index in [2.05, 4.69) is 0 Å². The maximum Gasteiger partial charge on any atom is 0.410 e. The molecule has 1 saturated heterocycles. The normalized spacial score (nSPS) is 24.6. The summed E-state index contributed by atoms with van der Waals surface area (Å²) in [4.78, 5) is 13.1. The fourth-order valence-electron chi connectivity index (χ4n) is 1.61. The van der Waals surface area contributed by atoms with E-state index in [0.717, 1.165) is 6.42 Å². The molecule has 1 aliphatic rings. The van der Waals surface area contributed by atoms with Gasteiger partial charge in [0.1, 0.15) is 0 Å². The Bertz CT molecular complexity index is 196. The van der Waals surface area contributed by atoms with Crippen molar-refractivity contribution in [1.82, 2.24) is 4.90 Å². The Morgan fingerprint density at radius 3 is 3.00 bits per heavy atom. The summed E-state index contributed by atoms with van der Waals surface area (Å²) in [5.74, 6) is 0.284. The molecule has 4 heteroatoms. The van der Waals surface area contributed by atoms with Gasteiger partial charge in [-0.3, -0.25) is 0 Å². The van der Waals surface area contributed by atoms with Crippen LogP contribution < -0.4 is 0 Å². The van der Waals surface area contributed by atoms with Crippen LogP contribution in [0.25, 0.3) is 0 Å². The fraction of sp³-hybridized carbons (Fsp3) is 0.900. The first-order valence-corrected chi connectivity index (χ1v) is 5.23. The van der Waals surface area contributed by atoms with Crippen molar-refractivity contribution in [3.05, 3.63) is 0 Å². The molecule has 82 valence electrons. The maximum absolute atomic E-state index is 11.4. The molecule has 0 aliphatic carbocycles. The number of rotatable bonds is 4. The molecule has 14 heavy (non-hydrogen) atoms. The number of ether oxygens (including phenoxy) is 1. The lowest BCUT2D eigenvalue weighted by Gasteiger charge is -2.35. The second-order valence-electron chi connectivity index (χ2n) is 3.86. The monoisotopic (exact) mass is 201 g/mol. The molecule has 2 unspecified atom stereocenters. The van der Waals surface area contributed by atoms with Crippen LogP contribution in [0.3, 0.4) is 0 Å². The van der Waals surface area contributed by atoms with E-state index in [-0.39, 0.29) is 24.7 Å². The molecule has 0 saturated carbocycles. The SMILES string of the molecule is CCC(C)N1CC(CCO)COC1=O. The average molecular weight is 201 g/mol. The third-order valence-corrected chi connectivity index (χ3v) is 2.79. The van der Waals surface area contributed by atoms with Crippen molar-refractivity contribution in [3.8, 4) is 0 Å². The van der Waals surface area contributed by atoms with Gasteiger partial charge in [0.15, 0.2) is 0 Å². The summed E-state index contributed by atoms with van der Waals surface area (Å²) in [5.41, 5.74) is 0. The summed E-state index contributed by atoms with van der Waals surface area (Å²) in [5, 5.41) is 8.81. The largest absolute Gasteiger partial charge is 0.449 e. The number of hydrogen-bond acceptors (Lipinski definition) is 3. The van der Waals surface area contributed by atoms with Gasteiger partial charge in [-0.1, -0.05) is 6.92 Å². The van der Waals surface area contributed by atoms with E-state index >= 15 is 0 Å². The molecule has 2 atom stereocenters. The van der Waals surface area contributed by atoms with Crippen molar-refractivity contribution in [2.45, 2.75) is 32.7 Å². The molecule has 1 aliphatic heterocycles. The maximum atomic E-state index is 11.4. The number of nitrogens with zero attached hydrogens (tertiary/aromatic N) is 1. The highest BCUT2D eigenvalue weighted by Crippen LogP contribution is 2.17. The minimum Gasteiger partial charge on any atom is -0.449 e. The molecule has 0 aromatic carbocycles. The number of amides is 1. The summed E-state index contributed by atoms with van der Waals surface area (Å²) < 4.78 is 5.05. The predicted molar refractivity (Wildman–Crippen MR) is 53.0 cm³/mol. The van der Waals surface area contributed by atoms with Crippen molar-refractivity contribution in [2.75, 3.05) is 19.8 Å². The second-order valence-corrected chi connectivity index (χ2v) is 3.86. The Morgan fingerprint density at radius 1 is 1.71 bits per heavy atom. The molecule has 0 aromatic rings. The lowest BCUT2D eigenvalue weighted by Crippen LogP contribution is -2.47. The Kier molecular flexibility index (Phi) is 4.20. The first-order chi connectivity index (χ1) is 6.69. The van der Waals surface area contributed by atoms with Crippen LogP contribution in [-0.4, -0.2) is 41.9 Å². The molecule has 1 heterocycles. The van der Waals surface area contributed by atoms with Gasteiger partial charge in [0.05, 0.1) is 6.61 Å². The third kappa shape index (κ3) is 2.61. The van der Waals surface area contributed by atoms with Crippen molar-refractivity contribution in [3.63, 3.8) is 0 Å². The van der Waals surface area contributed by atoms with Crippen LogP contribution in [0.15, 0.2) is 0 Å². The van der Waals surface area contributed by atoms with Crippen LogP contribution >= 0.6 is 0 Å². The van der Waals surface area contributed by atoms with Gasteiger partial charge in [-0.25, -0.2) is 4.79 Å². The molecule has 4 nitrogen and oxygen atoms in total. The van der Waals surface area contributed by atoms with Gasteiger partial charge in [-0.2, -0.15) is 0 Å².